The molecule has 1 amide bonds. The highest BCUT2D eigenvalue weighted by atomic mass is 32.2. The molecule has 0 radical (unpaired) electrons. The number of hydrogen-bond donors (Lipinski definition) is 2. The molecule has 37 heavy (non-hydrogen) atoms. The summed E-state index contributed by atoms with van der Waals surface area (Å²) in [5.74, 6) is 1.05. The van der Waals surface area contributed by atoms with Crippen molar-refractivity contribution >= 4 is 38.2 Å². The Bertz CT molecular complexity index is 1310. The molecule has 198 valence electrons. The third kappa shape index (κ3) is 6.56. The van der Waals surface area contributed by atoms with Gasteiger partial charge in [0.25, 0.3) is 0 Å². The lowest BCUT2D eigenvalue weighted by atomic mass is 9.98. The number of rotatable bonds is 10. The van der Waals surface area contributed by atoms with E-state index in [2.05, 4.69) is 27.2 Å². The summed E-state index contributed by atoms with van der Waals surface area (Å²) in [6.45, 7) is 4.03. The van der Waals surface area contributed by atoms with Crippen molar-refractivity contribution in [1.82, 2.24) is 19.8 Å². The van der Waals surface area contributed by atoms with Gasteiger partial charge in [0.05, 0.1) is 4.90 Å². The molecule has 0 saturated carbocycles. The van der Waals surface area contributed by atoms with Crippen LogP contribution in [0.4, 0.5) is 11.5 Å². The molecular weight excluding hydrogens is 488 g/mol. The Kier molecular flexibility index (Phi) is 8.60. The molecule has 1 atom stereocenters. The first kappa shape index (κ1) is 26.8. The van der Waals surface area contributed by atoms with Crippen molar-refractivity contribution in [3.63, 3.8) is 0 Å². The first-order chi connectivity index (χ1) is 17.8. The fraction of sp³-hybridized carbons (Fsp3) is 0.444. The van der Waals surface area contributed by atoms with E-state index in [1.165, 1.54) is 0 Å². The summed E-state index contributed by atoms with van der Waals surface area (Å²) in [7, 11) is -0.115. The van der Waals surface area contributed by atoms with Crippen molar-refractivity contribution < 1.29 is 13.2 Å². The lowest BCUT2D eigenvalue weighted by Crippen LogP contribution is -2.50. The molecule has 0 unspecified atom stereocenters. The minimum atomic E-state index is -3.97. The van der Waals surface area contributed by atoms with E-state index >= 15 is 0 Å². The number of aromatic nitrogens is 2. The molecule has 9 nitrogen and oxygen atoms in total. The second kappa shape index (κ2) is 11.9. The summed E-state index contributed by atoms with van der Waals surface area (Å²) in [6, 6.07) is 13.6. The summed E-state index contributed by atoms with van der Waals surface area (Å²) in [6.07, 6.45) is 4.40. The molecule has 2 aromatic carbocycles. The van der Waals surface area contributed by atoms with Crippen molar-refractivity contribution in [1.29, 1.82) is 0 Å². The van der Waals surface area contributed by atoms with Gasteiger partial charge in [-0.2, -0.15) is 9.82 Å². The molecule has 4 rings (SSSR count). The zero-order valence-electron chi connectivity index (χ0n) is 21.7. The first-order valence-electron chi connectivity index (χ1n) is 12.8. The van der Waals surface area contributed by atoms with Crippen LogP contribution >= 0.6 is 0 Å². The molecule has 0 aliphatic carbocycles. The Morgan fingerprint density at radius 3 is 2.51 bits per heavy atom. The van der Waals surface area contributed by atoms with Gasteiger partial charge in [-0.05, 0) is 55.9 Å². The number of nitrogens with one attached hydrogen (secondary N) is 2. The van der Waals surface area contributed by atoms with Crippen LogP contribution in [0.25, 0.3) is 10.8 Å². The van der Waals surface area contributed by atoms with Gasteiger partial charge in [-0.25, -0.2) is 8.42 Å². The molecule has 3 aromatic rings. The zero-order valence-corrected chi connectivity index (χ0v) is 22.5. The standard InChI is InChI=1S/C27H36N6O3S/c1-20-14-18-33(19-15-20)27(34)23(10-6-16-28-26-13-7-17-29-30-26)31-37(35,36)25-12-5-8-21-22(25)9-4-11-24(21)32(2)3/h4-5,7-9,11-13,17,20,23,31H,6,10,14-16,18-19H2,1-3H3,(H,28,30)/t23-/m0/s1. The van der Waals surface area contributed by atoms with Gasteiger partial charge in [0.2, 0.25) is 15.9 Å². The molecule has 1 fully saturated rings. The quantitative estimate of drug-likeness (QED) is 0.391. The monoisotopic (exact) mass is 524 g/mol. The number of likely N-dealkylation sites (tertiary alicyclic amines) is 1. The number of carbonyl (C=O) groups is 1. The van der Waals surface area contributed by atoms with Crippen LogP contribution in [0.3, 0.4) is 0 Å². The maximum Gasteiger partial charge on any atom is 0.241 e. The van der Waals surface area contributed by atoms with E-state index in [9.17, 15) is 13.2 Å². The minimum absolute atomic E-state index is 0.163. The van der Waals surface area contributed by atoms with Crippen molar-refractivity contribution in [2.24, 2.45) is 5.92 Å². The van der Waals surface area contributed by atoms with Crippen LogP contribution in [0.15, 0.2) is 59.6 Å². The van der Waals surface area contributed by atoms with Gasteiger partial charge in [0.1, 0.15) is 11.9 Å². The number of benzene rings is 2. The van der Waals surface area contributed by atoms with Crippen LogP contribution in [0, 0.1) is 5.92 Å². The average molecular weight is 525 g/mol. The summed E-state index contributed by atoms with van der Waals surface area (Å²) < 4.78 is 30.2. The molecule has 1 aliphatic rings. The maximum atomic E-state index is 13.7. The smallest absolute Gasteiger partial charge is 0.241 e. The van der Waals surface area contributed by atoms with Crippen LogP contribution in [-0.2, 0) is 14.8 Å². The van der Waals surface area contributed by atoms with E-state index < -0.39 is 16.1 Å². The molecule has 10 heteroatoms. The molecule has 0 bridgehead atoms. The fourth-order valence-corrected chi connectivity index (χ4v) is 6.19. The lowest BCUT2D eigenvalue weighted by molar-refractivity contribution is -0.134. The van der Waals surface area contributed by atoms with Gasteiger partial charge in [-0.3, -0.25) is 4.79 Å². The normalized spacial score (nSPS) is 15.5. The highest BCUT2D eigenvalue weighted by molar-refractivity contribution is 7.89. The number of piperidine rings is 1. The molecule has 1 aromatic heterocycles. The zero-order chi connectivity index (χ0) is 26.4. The van der Waals surface area contributed by atoms with E-state index in [0.29, 0.717) is 49.6 Å². The van der Waals surface area contributed by atoms with Crippen LogP contribution in [0.5, 0.6) is 0 Å². The second-order valence-electron chi connectivity index (χ2n) is 9.88. The summed E-state index contributed by atoms with van der Waals surface area (Å²) >= 11 is 0. The second-order valence-corrected chi connectivity index (χ2v) is 11.6. The number of sulfonamides is 1. The highest BCUT2D eigenvalue weighted by Crippen LogP contribution is 2.30. The molecular formula is C27H36N6O3S. The molecule has 1 aliphatic heterocycles. The Hall–Kier alpha value is -3.24. The Morgan fingerprint density at radius 2 is 1.81 bits per heavy atom. The minimum Gasteiger partial charge on any atom is -0.377 e. The van der Waals surface area contributed by atoms with Crippen molar-refractivity contribution in [3.8, 4) is 0 Å². The summed E-state index contributed by atoms with van der Waals surface area (Å²) in [5, 5.41) is 12.5. The van der Waals surface area contributed by atoms with Gasteiger partial charge >= 0.3 is 0 Å². The number of fused-ring (bicyclic) bond motifs is 1. The number of anilines is 2. The van der Waals surface area contributed by atoms with E-state index in [0.717, 1.165) is 23.9 Å². The van der Waals surface area contributed by atoms with Gasteiger partial charge in [0, 0.05) is 56.4 Å². The predicted molar refractivity (Wildman–Crippen MR) is 147 cm³/mol. The van der Waals surface area contributed by atoms with Crippen LogP contribution in [-0.4, -0.2) is 69.2 Å². The average Bonchev–Trinajstić information content (AvgIpc) is 2.90. The topological polar surface area (TPSA) is 108 Å². The summed E-state index contributed by atoms with van der Waals surface area (Å²) in [4.78, 5) is 17.5. The van der Waals surface area contributed by atoms with E-state index in [4.69, 9.17) is 0 Å². The predicted octanol–water partition coefficient (Wildman–Crippen LogP) is 3.49. The van der Waals surface area contributed by atoms with Crippen molar-refractivity contribution in [2.75, 3.05) is 43.9 Å². The molecule has 2 heterocycles. The maximum absolute atomic E-state index is 13.7. The van der Waals surface area contributed by atoms with Gasteiger partial charge in [0.15, 0.2) is 0 Å². The van der Waals surface area contributed by atoms with E-state index in [1.807, 2.05) is 49.3 Å². The third-order valence-corrected chi connectivity index (χ3v) is 8.40. The number of nitrogens with zero attached hydrogens (tertiary/aromatic N) is 4. The molecule has 1 saturated heterocycles. The Morgan fingerprint density at radius 1 is 1.08 bits per heavy atom. The van der Waals surface area contributed by atoms with Crippen LogP contribution in [0.2, 0.25) is 0 Å². The van der Waals surface area contributed by atoms with Gasteiger partial charge < -0.3 is 15.1 Å². The van der Waals surface area contributed by atoms with Crippen LogP contribution < -0.4 is 14.9 Å². The Labute approximate surface area is 219 Å². The Balaban J connectivity index is 1.56. The van der Waals surface area contributed by atoms with Crippen molar-refractivity contribution in [3.05, 3.63) is 54.7 Å². The first-order valence-corrected chi connectivity index (χ1v) is 14.3. The molecule has 0 spiro atoms. The van der Waals surface area contributed by atoms with E-state index in [1.54, 1.807) is 29.3 Å². The number of hydrogen-bond acceptors (Lipinski definition) is 7. The summed E-state index contributed by atoms with van der Waals surface area (Å²) in [5.41, 5.74) is 0.930. The highest BCUT2D eigenvalue weighted by Gasteiger charge is 2.31. The number of amides is 1. The molecule has 2 N–H and O–H groups in total. The third-order valence-electron chi connectivity index (χ3n) is 6.87. The number of carbonyl (C=O) groups excluding carboxylic acids is 1. The van der Waals surface area contributed by atoms with Gasteiger partial charge in [-0.1, -0.05) is 31.2 Å². The SMILES string of the molecule is CC1CCN(C(=O)[C@H](CCCNc2cccnn2)NS(=O)(=O)c2cccc3c(N(C)C)cccc23)CC1. The van der Waals surface area contributed by atoms with Gasteiger partial charge in [-0.15, -0.1) is 5.10 Å². The van der Waals surface area contributed by atoms with Crippen LogP contribution in [0.1, 0.15) is 32.6 Å². The lowest BCUT2D eigenvalue weighted by Gasteiger charge is -2.33. The fourth-order valence-electron chi connectivity index (χ4n) is 4.74. The van der Waals surface area contributed by atoms with Crippen molar-refractivity contribution in [2.45, 2.75) is 43.5 Å². The largest absolute Gasteiger partial charge is 0.377 e. The van der Waals surface area contributed by atoms with E-state index in [-0.39, 0.29) is 10.8 Å².